The number of hydrogen-bond donors (Lipinski definition) is 2. The summed E-state index contributed by atoms with van der Waals surface area (Å²) in [5.41, 5.74) is 2.71. The highest BCUT2D eigenvalue weighted by Crippen LogP contribution is 2.26. The van der Waals surface area contributed by atoms with E-state index >= 15 is 0 Å². The van der Waals surface area contributed by atoms with Crippen LogP contribution in [0.4, 0.5) is 0 Å². The molecule has 0 aliphatic heterocycles. The number of nitrogen functional groups attached to an aromatic ring is 1. The molecule has 1 fully saturated rings. The first kappa shape index (κ1) is 15.1. The minimum absolute atomic E-state index is 0.287. The molecule has 0 spiro atoms. The molecule has 2 rings (SSSR count). The molecule has 5 nitrogen and oxygen atoms in total. The van der Waals surface area contributed by atoms with Gasteiger partial charge in [0.15, 0.2) is 0 Å². The van der Waals surface area contributed by atoms with Crippen LogP contribution in [0.2, 0.25) is 0 Å². The molecule has 1 aromatic rings. The maximum Gasteiger partial charge on any atom is 0.268 e. The van der Waals surface area contributed by atoms with Gasteiger partial charge < -0.3 is 4.42 Å². The first-order valence-electron chi connectivity index (χ1n) is 7.43. The van der Waals surface area contributed by atoms with Gasteiger partial charge in [0, 0.05) is 12.6 Å². The van der Waals surface area contributed by atoms with Crippen molar-refractivity contribution < 1.29 is 9.21 Å². The number of hydrazine groups is 1. The van der Waals surface area contributed by atoms with E-state index in [1.54, 1.807) is 12.3 Å². The summed E-state index contributed by atoms with van der Waals surface area (Å²) >= 11 is 0. The van der Waals surface area contributed by atoms with Crippen LogP contribution < -0.4 is 11.3 Å². The van der Waals surface area contributed by atoms with Crippen LogP contribution >= 0.6 is 0 Å². The molecule has 1 aliphatic carbocycles. The lowest BCUT2D eigenvalue weighted by atomic mass is 10.1. The Bertz CT molecular complexity index is 436. The van der Waals surface area contributed by atoms with Gasteiger partial charge in [-0.3, -0.25) is 15.1 Å². The van der Waals surface area contributed by atoms with E-state index in [0.717, 1.165) is 6.54 Å². The summed E-state index contributed by atoms with van der Waals surface area (Å²) in [5, 5.41) is 0. The highest BCUT2D eigenvalue weighted by Gasteiger charge is 2.25. The van der Waals surface area contributed by atoms with E-state index in [1.165, 1.54) is 25.7 Å². The molecule has 1 heterocycles. The number of furan rings is 1. The second kappa shape index (κ2) is 6.90. The molecule has 1 aromatic heterocycles. The van der Waals surface area contributed by atoms with Crippen molar-refractivity contribution in [2.24, 2.45) is 11.8 Å². The van der Waals surface area contributed by atoms with Crippen LogP contribution in [0.15, 0.2) is 16.7 Å². The van der Waals surface area contributed by atoms with Crippen molar-refractivity contribution in [2.45, 2.75) is 52.1 Å². The number of carbonyl (C=O) groups is 1. The predicted molar refractivity (Wildman–Crippen MR) is 77.9 cm³/mol. The monoisotopic (exact) mass is 279 g/mol. The zero-order chi connectivity index (χ0) is 14.5. The number of amides is 1. The fourth-order valence-corrected chi connectivity index (χ4v) is 3.01. The molecule has 0 bridgehead atoms. The average molecular weight is 279 g/mol. The maximum absolute atomic E-state index is 11.7. The van der Waals surface area contributed by atoms with E-state index in [2.05, 4.69) is 24.2 Å². The van der Waals surface area contributed by atoms with Gasteiger partial charge in [-0.15, -0.1) is 0 Å². The Labute approximate surface area is 120 Å². The van der Waals surface area contributed by atoms with Gasteiger partial charge in [0.25, 0.3) is 5.91 Å². The van der Waals surface area contributed by atoms with E-state index in [1.807, 2.05) is 0 Å². The fourth-order valence-electron chi connectivity index (χ4n) is 3.01. The van der Waals surface area contributed by atoms with Crippen LogP contribution in [0.3, 0.4) is 0 Å². The first-order chi connectivity index (χ1) is 9.61. The highest BCUT2D eigenvalue weighted by molar-refractivity contribution is 5.94. The largest absolute Gasteiger partial charge is 0.467 e. The van der Waals surface area contributed by atoms with Crippen molar-refractivity contribution in [3.63, 3.8) is 0 Å². The Hall–Kier alpha value is -1.33. The second-order valence-corrected chi connectivity index (χ2v) is 5.99. The molecule has 0 atom stereocenters. The average Bonchev–Trinajstić information content (AvgIpc) is 3.07. The van der Waals surface area contributed by atoms with Crippen molar-refractivity contribution in [2.75, 3.05) is 6.54 Å². The summed E-state index contributed by atoms with van der Waals surface area (Å²) in [4.78, 5) is 14.2. The van der Waals surface area contributed by atoms with Gasteiger partial charge in [-0.25, -0.2) is 5.84 Å². The van der Waals surface area contributed by atoms with Gasteiger partial charge in [-0.1, -0.05) is 26.7 Å². The molecule has 1 aliphatic rings. The van der Waals surface area contributed by atoms with Gasteiger partial charge in [0.2, 0.25) is 0 Å². The number of nitrogens with two attached hydrogens (primary N) is 1. The Morgan fingerprint density at radius 1 is 1.50 bits per heavy atom. The molecule has 1 amide bonds. The molecular formula is C15H25N3O2. The normalized spacial score (nSPS) is 16.2. The fraction of sp³-hybridized carbons (Fsp3) is 0.667. The zero-order valence-corrected chi connectivity index (χ0v) is 12.4. The smallest absolute Gasteiger partial charge is 0.268 e. The van der Waals surface area contributed by atoms with Crippen molar-refractivity contribution in [1.82, 2.24) is 10.3 Å². The van der Waals surface area contributed by atoms with Crippen LogP contribution in [0.25, 0.3) is 0 Å². The van der Waals surface area contributed by atoms with Gasteiger partial charge >= 0.3 is 0 Å². The van der Waals surface area contributed by atoms with Gasteiger partial charge in [0.05, 0.1) is 18.4 Å². The van der Waals surface area contributed by atoms with Crippen molar-refractivity contribution in [1.29, 1.82) is 0 Å². The lowest BCUT2D eigenvalue weighted by Gasteiger charge is -2.29. The summed E-state index contributed by atoms with van der Waals surface area (Å²) < 4.78 is 5.50. The zero-order valence-electron chi connectivity index (χ0n) is 12.4. The Kier molecular flexibility index (Phi) is 5.20. The molecule has 3 N–H and O–H groups in total. The molecular weight excluding hydrogens is 254 g/mol. The quantitative estimate of drug-likeness (QED) is 0.476. The SMILES string of the molecule is CC(C)CN(Cc1occc1C(=O)NN)C1CCCC1. The molecule has 112 valence electrons. The van der Waals surface area contributed by atoms with Crippen LogP contribution in [-0.2, 0) is 6.54 Å². The molecule has 0 radical (unpaired) electrons. The molecule has 5 heteroatoms. The molecule has 0 saturated heterocycles. The summed E-state index contributed by atoms with van der Waals surface area (Å²) in [7, 11) is 0. The van der Waals surface area contributed by atoms with Crippen LogP contribution in [0.1, 0.15) is 55.6 Å². The number of carbonyl (C=O) groups excluding carboxylic acids is 1. The van der Waals surface area contributed by atoms with E-state index in [4.69, 9.17) is 10.3 Å². The van der Waals surface area contributed by atoms with Gasteiger partial charge in [-0.05, 0) is 24.8 Å². The Morgan fingerprint density at radius 2 is 2.20 bits per heavy atom. The molecule has 1 saturated carbocycles. The first-order valence-corrected chi connectivity index (χ1v) is 7.43. The van der Waals surface area contributed by atoms with Gasteiger partial charge in [0.1, 0.15) is 5.76 Å². The van der Waals surface area contributed by atoms with Crippen molar-refractivity contribution in [3.05, 3.63) is 23.7 Å². The van der Waals surface area contributed by atoms with Crippen molar-refractivity contribution in [3.8, 4) is 0 Å². The van der Waals surface area contributed by atoms with E-state index in [-0.39, 0.29) is 5.91 Å². The van der Waals surface area contributed by atoms with E-state index < -0.39 is 0 Å². The number of nitrogens with zero attached hydrogens (tertiary/aromatic N) is 1. The second-order valence-electron chi connectivity index (χ2n) is 5.99. The summed E-state index contributed by atoms with van der Waals surface area (Å²) in [6.45, 7) is 6.14. The number of rotatable bonds is 6. The van der Waals surface area contributed by atoms with Crippen LogP contribution in [0, 0.1) is 5.92 Å². The lowest BCUT2D eigenvalue weighted by molar-refractivity contribution is 0.0947. The lowest BCUT2D eigenvalue weighted by Crippen LogP contribution is -2.36. The number of nitrogens with one attached hydrogen (secondary N) is 1. The molecule has 0 unspecified atom stereocenters. The molecule has 20 heavy (non-hydrogen) atoms. The highest BCUT2D eigenvalue weighted by atomic mass is 16.3. The van der Waals surface area contributed by atoms with Crippen LogP contribution in [0.5, 0.6) is 0 Å². The minimum atomic E-state index is -0.287. The van der Waals surface area contributed by atoms with E-state index in [9.17, 15) is 4.79 Å². The topological polar surface area (TPSA) is 71.5 Å². The maximum atomic E-state index is 11.7. The summed E-state index contributed by atoms with van der Waals surface area (Å²) in [6, 6.07) is 2.29. The third-order valence-corrected chi connectivity index (χ3v) is 3.91. The predicted octanol–water partition coefficient (Wildman–Crippen LogP) is 2.28. The van der Waals surface area contributed by atoms with Gasteiger partial charge in [-0.2, -0.15) is 0 Å². The summed E-state index contributed by atoms with van der Waals surface area (Å²) in [6.07, 6.45) is 6.64. The minimum Gasteiger partial charge on any atom is -0.467 e. The number of hydrogen-bond acceptors (Lipinski definition) is 4. The standard InChI is InChI=1S/C15H25N3O2/c1-11(2)9-18(12-5-3-4-6-12)10-14-13(7-8-20-14)15(19)17-16/h7-8,11-12H,3-6,9-10,16H2,1-2H3,(H,17,19). The summed E-state index contributed by atoms with van der Waals surface area (Å²) in [5.74, 6) is 6.23. The van der Waals surface area contributed by atoms with E-state index in [0.29, 0.717) is 29.8 Å². The third kappa shape index (κ3) is 3.61. The Morgan fingerprint density at radius 3 is 2.80 bits per heavy atom. The molecule has 0 aromatic carbocycles. The Balaban J connectivity index is 2.10. The third-order valence-electron chi connectivity index (χ3n) is 3.91. The van der Waals surface area contributed by atoms with Crippen molar-refractivity contribution >= 4 is 5.91 Å². The van der Waals surface area contributed by atoms with Crippen LogP contribution in [-0.4, -0.2) is 23.4 Å².